The van der Waals surface area contributed by atoms with E-state index < -0.39 is 0 Å². The van der Waals surface area contributed by atoms with Gasteiger partial charge in [0.05, 0.1) is 5.56 Å². The van der Waals surface area contributed by atoms with Gasteiger partial charge in [0.1, 0.15) is 6.61 Å². The van der Waals surface area contributed by atoms with Gasteiger partial charge in [-0.3, -0.25) is 0 Å². The molecule has 0 amide bonds. The van der Waals surface area contributed by atoms with Crippen molar-refractivity contribution in [2.24, 2.45) is 0 Å². The van der Waals surface area contributed by atoms with E-state index in [9.17, 15) is 4.79 Å². The minimum atomic E-state index is -0.287. The van der Waals surface area contributed by atoms with Crippen LogP contribution in [-0.2, 0) is 16.7 Å². The third kappa shape index (κ3) is 3.67. The van der Waals surface area contributed by atoms with Crippen LogP contribution >= 0.6 is 15.9 Å². The van der Waals surface area contributed by atoms with Gasteiger partial charge in [0.25, 0.3) is 0 Å². The van der Waals surface area contributed by atoms with Crippen molar-refractivity contribution in [3.63, 3.8) is 0 Å². The molecule has 0 bridgehead atoms. The molecular weight excluding hydrogens is 304 g/mol. The molecule has 0 unspecified atom stereocenters. The fourth-order valence-corrected chi connectivity index (χ4v) is 2.15. The second-order valence-electron chi connectivity index (χ2n) is 4.34. The maximum Gasteiger partial charge on any atom is 0.338 e. The standard InChI is InChI=1S/C16H15BrO2/c1-12-9-13(10-17)7-8-15(12)11-19-16(18)14-5-3-2-4-6-14/h2-9H,10-11H2,1H3. The number of alkyl halides is 1. The Morgan fingerprint density at radius 1 is 1.16 bits per heavy atom. The van der Waals surface area contributed by atoms with Gasteiger partial charge in [0, 0.05) is 5.33 Å². The number of halogens is 1. The van der Waals surface area contributed by atoms with E-state index in [0.29, 0.717) is 12.2 Å². The van der Waals surface area contributed by atoms with E-state index in [0.717, 1.165) is 16.5 Å². The molecule has 19 heavy (non-hydrogen) atoms. The molecule has 0 aliphatic rings. The highest BCUT2D eigenvalue weighted by Crippen LogP contribution is 2.15. The molecule has 0 aliphatic heterocycles. The number of carbonyl (C=O) groups excluding carboxylic acids is 1. The first-order valence-corrected chi connectivity index (χ1v) is 7.19. The molecular formula is C16H15BrO2. The molecule has 2 aromatic carbocycles. The lowest BCUT2D eigenvalue weighted by atomic mass is 10.1. The second kappa shape index (κ2) is 6.53. The molecule has 2 aromatic rings. The summed E-state index contributed by atoms with van der Waals surface area (Å²) in [6, 6.07) is 15.2. The molecule has 2 rings (SSSR count). The Bertz CT molecular complexity index is 564. The zero-order valence-corrected chi connectivity index (χ0v) is 12.3. The normalized spacial score (nSPS) is 10.2. The van der Waals surface area contributed by atoms with E-state index >= 15 is 0 Å². The highest BCUT2D eigenvalue weighted by Gasteiger charge is 2.07. The van der Waals surface area contributed by atoms with E-state index in [1.54, 1.807) is 12.1 Å². The van der Waals surface area contributed by atoms with Crippen molar-refractivity contribution < 1.29 is 9.53 Å². The Labute approximate surface area is 121 Å². The van der Waals surface area contributed by atoms with Crippen LogP contribution in [0.15, 0.2) is 48.5 Å². The number of benzene rings is 2. The molecule has 0 aliphatic carbocycles. The van der Waals surface area contributed by atoms with Crippen LogP contribution in [0.4, 0.5) is 0 Å². The summed E-state index contributed by atoms with van der Waals surface area (Å²) in [4.78, 5) is 11.8. The monoisotopic (exact) mass is 318 g/mol. The van der Waals surface area contributed by atoms with Crippen molar-refractivity contribution in [2.45, 2.75) is 18.9 Å². The number of hydrogen-bond donors (Lipinski definition) is 0. The number of carbonyl (C=O) groups is 1. The largest absolute Gasteiger partial charge is 0.457 e. The fourth-order valence-electron chi connectivity index (χ4n) is 1.80. The van der Waals surface area contributed by atoms with Crippen LogP contribution in [0.25, 0.3) is 0 Å². The minimum absolute atomic E-state index is 0.287. The Morgan fingerprint density at radius 2 is 1.89 bits per heavy atom. The molecule has 0 fully saturated rings. The maximum absolute atomic E-state index is 11.8. The van der Waals surface area contributed by atoms with Crippen LogP contribution in [0.5, 0.6) is 0 Å². The van der Waals surface area contributed by atoms with E-state index in [2.05, 4.69) is 22.0 Å². The predicted octanol–water partition coefficient (Wildman–Crippen LogP) is 4.25. The summed E-state index contributed by atoms with van der Waals surface area (Å²) in [7, 11) is 0. The molecule has 0 spiro atoms. The number of aryl methyl sites for hydroxylation is 1. The van der Waals surface area contributed by atoms with Gasteiger partial charge in [0.15, 0.2) is 0 Å². The van der Waals surface area contributed by atoms with Gasteiger partial charge in [-0.15, -0.1) is 0 Å². The first-order chi connectivity index (χ1) is 9.20. The fraction of sp³-hybridized carbons (Fsp3) is 0.188. The van der Waals surface area contributed by atoms with E-state index in [1.807, 2.05) is 37.3 Å². The zero-order chi connectivity index (χ0) is 13.7. The quantitative estimate of drug-likeness (QED) is 0.622. The van der Waals surface area contributed by atoms with Crippen molar-refractivity contribution in [1.29, 1.82) is 0 Å². The van der Waals surface area contributed by atoms with Crippen LogP contribution < -0.4 is 0 Å². The van der Waals surface area contributed by atoms with Crippen LogP contribution in [0.1, 0.15) is 27.0 Å². The van der Waals surface area contributed by atoms with Gasteiger partial charge in [-0.05, 0) is 35.7 Å². The Morgan fingerprint density at radius 3 is 2.53 bits per heavy atom. The van der Waals surface area contributed by atoms with Crippen molar-refractivity contribution in [3.05, 3.63) is 70.8 Å². The number of hydrogen-bond acceptors (Lipinski definition) is 2. The Hall–Kier alpha value is -1.61. The average molecular weight is 319 g/mol. The third-order valence-electron chi connectivity index (χ3n) is 2.93. The minimum Gasteiger partial charge on any atom is -0.457 e. The van der Waals surface area contributed by atoms with Crippen LogP contribution in [0, 0.1) is 6.92 Å². The maximum atomic E-state index is 11.8. The van der Waals surface area contributed by atoms with Crippen molar-refractivity contribution in [2.75, 3.05) is 0 Å². The first kappa shape index (κ1) is 13.8. The lowest BCUT2D eigenvalue weighted by Gasteiger charge is -2.08. The molecule has 0 aromatic heterocycles. The molecule has 0 heterocycles. The molecule has 98 valence electrons. The SMILES string of the molecule is Cc1cc(CBr)ccc1COC(=O)c1ccccc1. The highest BCUT2D eigenvalue weighted by atomic mass is 79.9. The summed E-state index contributed by atoms with van der Waals surface area (Å²) in [5.74, 6) is -0.287. The third-order valence-corrected chi connectivity index (χ3v) is 3.58. The smallest absolute Gasteiger partial charge is 0.338 e. The molecule has 0 saturated carbocycles. The van der Waals surface area contributed by atoms with Gasteiger partial charge in [0.2, 0.25) is 0 Å². The topological polar surface area (TPSA) is 26.3 Å². The van der Waals surface area contributed by atoms with Crippen molar-refractivity contribution in [1.82, 2.24) is 0 Å². The van der Waals surface area contributed by atoms with Crippen molar-refractivity contribution in [3.8, 4) is 0 Å². The summed E-state index contributed by atoms with van der Waals surface area (Å²) >= 11 is 3.42. The second-order valence-corrected chi connectivity index (χ2v) is 4.90. The zero-order valence-electron chi connectivity index (χ0n) is 10.7. The molecule has 2 nitrogen and oxygen atoms in total. The van der Waals surface area contributed by atoms with Gasteiger partial charge in [-0.2, -0.15) is 0 Å². The summed E-state index contributed by atoms with van der Waals surface area (Å²) in [5.41, 5.74) is 3.97. The summed E-state index contributed by atoms with van der Waals surface area (Å²) in [6.45, 7) is 2.33. The van der Waals surface area contributed by atoms with E-state index in [4.69, 9.17) is 4.74 Å². The lowest BCUT2D eigenvalue weighted by Crippen LogP contribution is -2.05. The van der Waals surface area contributed by atoms with Crippen molar-refractivity contribution >= 4 is 21.9 Å². The van der Waals surface area contributed by atoms with Gasteiger partial charge < -0.3 is 4.74 Å². The van der Waals surface area contributed by atoms with Crippen LogP contribution in [-0.4, -0.2) is 5.97 Å². The molecule has 3 heteroatoms. The summed E-state index contributed by atoms with van der Waals surface area (Å²) in [6.07, 6.45) is 0. The lowest BCUT2D eigenvalue weighted by molar-refractivity contribution is 0.0472. The summed E-state index contributed by atoms with van der Waals surface area (Å²) < 4.78 is 5.32. The predicted molar refractivity (Wildman–Crippen MR) is 79.4 cm³/mol. The average Bonchev–Trinajstić information content (AvgIpc) is 2.46. The van der Waals surface area contributed by atoms with Gasteiger partial charge in [-0.1, -0.05) is 52.3 Å². The molecule has 0 radical (unpaired) electrons. The van der Waals surface area contributed by atoms with Crippen LogP contribution in [0.3, 0.4) is 0 Å². The molecule has 0 N–H and O–H groups in total. The molecule has 0 atom stereocenters. The number of ether oxygens (including phenoxy) is 1. The number of rotatable bonds is 4. The van der Waals surface area contributed by atoms with E-state index in [1.165, 1.54) is 5.56 Å². The highest BCUT2D eigenvalue weighted by molar-refractivity contribution is 9.08. The number of esters is 1. The van der Waals surface area contributed by atoms with E-state index in [-0.39, 0.29) is 5.97 Å². The summed E-state index contributed by atoms with van der Waals surface area (Å²) in [5, 5.41) is 0.831. The van der Waals surface area contributed by atoms with Gasteiger partial charge >= 0.3 is 5.97 Å². The van der Waals surface area contributed by atoms with Crippen LogP contribution in [0.2, 0.25) is 0 Å². The van der Waals surface area contributed by atoms with Gasteiger partial charge in [-0.25, -0.2) is 4.79 Å². The first-order valence-electron chi connectivity index (χ1n) is 6.07. The Kier molecular flexibility index (Phi) is 4.74. The Balaban J connectivity index is 2.01. The molecule has 0 saturated heterocycles.